The third kappa shape index (κ3) is 1.58. The molecule has 0 aliphatic heterocycles. The molecule has 0 saturated heterocycles. The number of benzene rings is 1. The maximum absolute atomic E-state index is 13.2. The molecule has 0 aliphatic rings. The van der Waals surface area contributed by atoms with Gasteiger partial charge in [0.15, 0.2) is 5.84 Å². The largest absolute Gasteiger partial charge is 0.409 e. The molecule has 0 atom stereocenters. The minimum Gasteiger partial charge on any atom is -0.409 e. The Labute approximate surface area is 73.5 Å². The maximum atomic E-state index is 13.2. The summed E-state index contributed by atoms with van der Waals surface area (Å²) < 4.78 is 25.9. The molecule has 0 spiro atoms. The number of oxime groups is 1. The van der Waals surface area contributed by atoms with Gasteiger partial charge in [0.25, 0.3) is 0 Å². The van der Waals surface area contributed by atoms with E-state index in [1.807, 2.05) is 0 Å². The average molecular weight is 186 g/mol. The lowest BCUT2D eigenvalue weighted by Gasteiger charge is -2.03. The van der Waals surface area contributed by atoms with Crippen LogP contribution in [-0.4, -0.2) is 11.0 Å². The molecule has 0 aliphatic carbocycles. The predicted molar refractivity (Wildman–Crippen MR) is 43.6 cm³/mol. The summed E-state index contributed by atoms with van der Waals surface area (Å²) in [5.41, 5.74) is 4.89. The fraction of sp³-hybridized carbons (Fsp3) is 0.125. The van der Waals surface area contributed by atoms with Crippen molar-refractivity contribution in [3.05, 3.63) is 34.9 Å². The van der Waals surface area contributed by atoms with E-state index in [1.54, 1.807) is 0 Å². The van der Waals surface area contributed by atoms with Gasteiger partial charge in [-0.25, -0.2) is 8.78 Å². The quantitative estimate of drug-likeness (QED) is 0.301. The van der Waals surface area contributed by atoms with Crippen molar-refractivity contribution in [2.45, 2.75) is 6.92 Å². The third-order valence-corrected chi connectivity index (χ3v) is 1.70. The summed E-state index contributed by atoms with van der Waals surface area (Å²) in [6, 6.07) is 2.18. The van der Waals surface area contributed by atoms with Crippen LogP contribution in [0.25, 0.3) is 0 Å². The highest BCUT2D eigenvalue weighted by molar-refractivity contribution is 5.97. The van der Waals surface area contributed by atoms with Gasteiger partial charge in [0.05, 0.1) is 5.56 Å². The van der Waals surface area contributed by atoms with Crippen molar-refractivity contribution in [1.29, 1.82) is 0 Å². The zero-order valence-corrected chi connectivity index (χ0v) is 6.88. The summed E-state index contributed by atoms with van der Waals surface area (Å²) in [5, 5.41) is 10.9. The summed E-state index contributed by atoms with van der Waals surface area (Å²) in [6.07, 6.45) is 0. The number of nitrogens with zero attached hydrogens (tertiary/aromatic N) is 1. The van der Waals surface area contributed by atoms with Gasteiger partial charge in [-0.3, -0.25) is 0 Å². The van der Waals surface area contributed by atoms with E-state index in [0.29, 0.717) is 0 Å². The minimum absolute atomic E-state index is 0.110. The van der Waals surface area contributed by atoms with Crippen LogP contribution in [0.15, 0.2) is 17.3 Å². The number of rotatable bonds is 1. The molecule has 0 unspecified atom stereocenters. The number of nitrogens with two attached hydrogens (primary N) is 1. The Hall–Kier alpha value is -1.65. The molecule has 1 aromatic rings. The molecule has 1 aromatic carbocycles. The second-order valence-electron chi connectivity index (χ2n) is 2.52. The highest BCUT2D eigenvalue weighted by atomic mass is 19.1. The topological polar surface area (TPSA) is 58.6 Å². The Morgan fingerprint density at radius 2 is 2.08 bits per heavy atom. The van der Waals surface area contributed by atoms with Gasteiger partial charge in [-0.05, 0) is 19.1 Å². The van der Waals surface area contributed by atoms with Gasteiger partial charge in [-0.2, -0.15) is 0 Å². The molecule has 0 bridgehead atoms. The van der Waals surface area contributed by atoms with Crippen molar-refractivity contribution in [3.8, 4) is 0 Å². The molecule has 0 saturated carbocycles. The fourth-order valence-electron chi connectivity index (χ4n) is 0.913. The monoisotopic (exact) mass is 186 g/mol. The molecule has 0 fully saturated rings. The van der Waals surface area contributed by atoms with E-state index >= 15 is 0 Å². The first-order valence-corrected chi connectivity index (χ1v) is 3.50. The lowest BCUT2D eigenvalue weighted by molar-refractivity contribution is 0.318. The van der Waals surface area contributed by atoms with Crippen LogP contribution in [0.5, 0.6) is 0 Å². The van der Waals surface area contributed by atoms with Crippen LogP contribution in [0.2, 0.25) is 0 Å². The number of halogens is 2. The summed E-state index contributed by atoms with van der Waals surface area (Å²) >= 11 is 0. The van der Waals surface area contributed by atoms with Gasteiger partial charge < -0.3 is 10.9 Å². The van der Waals surface area contributed by atoms with Crippen LogP contribution in [-0.2, 0) is 0 Å². The molecule has 0 heterocycles. The van der Waals surface area contributed by atoms with Crippen molar-refractivity contribution >= 4 is 5.84 Å². The molecule has 70 valence electrons. The Morgan fingerprint density at radius 1 is 1.46 bits per heavy atom. The van der Waals surface area contributed by atoms with E-state index in [-0.39, 0.29) is 17.0 Å². The lowest BCUT2D eigenvalue weighted by Crippen LogP contribution is -2.16. The summed E-state index contributed by atoms with van der Waals surface area (Å²) in [4.78, 5) is 0. The van der Waals surface area contributed by atoms with Crippen molar-refractivity contribution < 1.29 is 14.0 Å². The Bertz CT molecular complexity index is 363. The second-order valence-corrected chi connectivity index (χ2v) is 2.52. The summed E-state index contributed by atoms with van der Waals surface area (Å²) in [5.74, 6) is -1.84. The molecule has 3 N–H and O–H groups in total. The standard InChI is InChI=1S/C8H8F2N2O/c1-4-6(9)3-2-5(7(4)10)8(11)12-13/h2-3,13H,1H3,(H2,11,12). The van der Waals surface area contributed by atoms with Crippen LogP contribution in [0.3, 0.4) is 0 Å². The van der Waals surface area contributed by atoms with Gasteiger partial charge in [-0.1, -0.05) is 5.16 Å². The molecule has 13 heavy (non-hydrogen) atoms. The zero-order chi connectivity index (χ0) is 10.0. The van der Waals surface area contributed by atoms with E-state index < -0.39 is 11.6 Å². The van der Waals surface area contributed by atoms with Gasteiger partial charge in [-0.15, -0.1) is 0 Å². The van der Waals surface area contributed by atoms with Crippen molar-refractivity contribution in [3.63, 3.8) is 0 Å². The highest BCUT2D eigenvalue weighted by Crippen LogP contribution is 2.15. The molecule has 1 rings (SSSR count). The zero-order valence-electron chi connectivity index (χ0n) is 6.88. The minimum atomic E-state index is -0.810. The van der Waals surface area contributed by atoms with E-state index in [1.165, 1.54) is 6.92 Å². The van der Waals surface area contributed by atoms with Crippen molar-refractivity contribution in [2.24, 2.45) is 10.9 Å². The normalized spacial score (nSPS) is 11.8. The van der Waals surface area contributed by atoms with Crippen LogP contribution in [0, 0.1) is 18.6 Å². The Morgan fingerprint density at radius 3 is 2.62 bits per heavy atom. The van der Waals surface area contributed by atoms with Gasteiger partial charge in [0.2, 0.25) is 0 Å². The van der Waals surface area contributed by atoms with E-state index in [0.717, 1.165) is 12.1 Å². The van der Waals surface area contributed by atoms with Gasteiger partial charge in [0, 0.05) is 5.56 Å². The van der Waals surface area contributed by atoms with Gasteiger partial charge in [0.1, 0.15) is 11.6 Å². The number of hydrogen-bond acceptors (Lipinski definition) is 2. The SMILES string of the molecule is Cc1c(F)ccc(C(N)=NO)c1F. The second kappa shape index (κ2) is 3.38. The van der Waals surface area contributed by atoms with Crippen molar-refractivity contribution in [2.75, 3.05) is 0 Å². The van der Waals surface area contributed by atoms with E-state index in [9.17, 15) is 8.78 Å². The maximum Gasteiger partial charge on any atom is 0.173 e. The van der Waals surface area contributed by atoms with E-state index in [4.69, 9.17) is 10.9 Å². The molecule has 0 amide bonds. The van der Waals surface area contributed by atoms with Crippen LogP contribution < -0.4 is 5.73 Å². The number of hydrogen-bond donors (Lipinski definition) is 2. The third-order valence-electron chi connectivity index (χ3n) is 1.70. The molecular weight excluding hydrogens is 178 g/mol. The molecule has 3 nitrogen and oxygen atoms in total. The van der Waals surface area contributed by atoms with Crippen LogP contribution in [0.1, 0.15) is 11.1 Å². The Kier molecular flexibility index (Phi) is 2.46. The molecule has 0 radical (unpaired) electrons. The first-order chi connectivity index (χ1) is 6.07. The molecular formula is C8H8F2N2O. The highest BCUT2D eigenvalue weighted by Gasteiger charge is 2.12. The summed E-state index contributed by atoms with van der Waals surface area (Å²) in [7, 11) is 0. The molecule has 0 aromatic heterocycles. The summed E-state index contributed by atoms with van der Waals surface area (Å²) in [6.45, 7) is 1.28. The average Bonchev–Trinajstić information content (AvgIpc) is 2.13. The van der Waals surface area contributed by atoms with Crippen molar-refractivity contribution in [1.82, 2.24) is 0 Å². The van der Waals surface area contributed by atoms with Gasteiger partial charge >= 0.3 is 0 Å². The van der Waals surface area contributed by atoms with Crippen LogP contribution >= 0.6 is 0 Å². The predicted octanol–water partition coefficient (Wildman–Crippen LogP) is 1.37. The van der Waals surface area contributed by atoms with E-state index in [2.05, 4.69) is 5.16 Å². The number of amidine groups is 1. The molecule has 5 heteroatoms. The fourth-order valence-corrected chi connectivity index (χ4v) is 0.913. The smallest absolute Gasteiger partial charge is 0.173 e. The van der Waals surface area contributed by atoms with Crippen LogP contribution in [0.4, 0.5) is 8.78 Å². The Balaban J connectivity index is 3.34. The first kappa shape index (κ1) is 9.44. The first-order valence-electron chi connectivity index (χ1n) is 3.50. The lowest BCUT2D eigenvalue weighted by atomic mass is 10.1.